The van der Waals surface area contributed by atoms with Gasteiger partial charge in [0.2, 0.25) is 5.91 Å². The molecule has 0 radical (unpaired) electrons. The molecule has 1 fully saturated rings. The molecule has 100 valence electrons. The van der Waals surface area contributed by atoms with Crippen LogP contribution in [-0.4, -0.2) is 42.6 Å². The van der Waals surface area contributed by atoms with E-state index in [0.717, 1.165) is 19.6 Å². The first-order chi connectivity index (χ1) is 7.91. The number of nitrogens with two attached hydrogens (primary N) is 1. The Bertz CT molecular complexity index is 254. The molecule has 1 aliphatic rings. The van der Waals surface area contributed by atoms with E-state index in [4.69, 9.17) is 10.5 Å². The maximum Gasteiger partial charge on any atom is 0.239 e. The summed E-state index contributed by atoms with van der Waals surface area (Å²) in [6.45, 7) is 10.5. The zero-order valence-corrected chi connectivity index (χ0v) is 11.5. The van der Waals surface area contributed by atoms with Gasteiger partial charge in [0, 0.05) is 19.7 Å². The molecule has 1 unspecified atom stereocenters. The Morgan fingerprint density at radius 2 is 2.06 bits per heavy atom. The van der Waals surface area contributed by atoms with Gasteiger partial charge in [-0.1, -0.05) is 27.7 Å². The third-order valence-corrected chi connectivity index (χ3v) is 3.13. The first-order valence-electron chi connectivity index (χ1n) is 6.57. The van der Waals surface area contributed by atoms with E-state index in [1.165, 1.54) is 0 Å². The second-order valence-corrected chi connectivity index (χ2v) is 5.69. The van der Waals surface area contributed by atoms with Crippen LogP contribution in [0.3, 0.4) is 0 Å². The molecule has 1 rings (SSSR count). The van der Waals surface area contributed by atoms with Crippen LogP contribution in [0.5, 0.6) is 0 Å². The Balaban J connectivity index is 2.37. The largest absolute Gasteiger partial charge is 0.376 e. The number of hydrogen-bond donors (Lipinski definition) is 1. The third-order valence-electron chi connectivity index (χ3n) is 3.13. The predicted octanol–water partition coefficient (Wildman–Crippen LogP) is 1.24. The van der Waals surface area contributed by atoms with E-state index in [1.54, 1.807) is 0 Å². The molecule has 2 N–H and O–H groups in total. The number of carbonyl (C=O) groups is 1. The average Bonchev–Trinajstić information content (AvgIpc) is 2.72. The molecule has 0 aromatic rings. The third kappa shape index (κ3) is 4.28. The maximum atomic E-state index is 12.0. The lowest BCUT2D eigenvalue weighted by Crippen LogP contribution is -2.45. The van der Waals surface area contributed by atoms with Crippen LogP contribution in [0.2, 0.25) is 0 Å². The monoisotopic (exact) mass is 242 g/mol. The fourth-order valence-corrected chi connectivity index (χ4v) is 1.89. The van der Waals surface area contributed by atoms with Gasteiger partial charge in [-0.05, 0) is 18.3 Å². The number of ether oxygens (including phenoxy) is 1. The van der Waals surface area contributed by atoms with E-state index in [-0.39, 0.29) is 24.0 Å². The van der Waals surface area contributed by atoms with Crippen molar-refractivity contribution in [2.24, 2.45) is 17.6 Å². The molecule has 0 bridgehead atoms. The molecule has 0 aliphatic carbocycles. The summed E-state index contributed by atoms with van der Waals surface area (Å²) in [6, 6.07) is -0.376. The highest BCUT2D eigenvalue weighted by atomic mass is 16.5. The van der Waals surface area contributed by atoms with Gasteiger partial charge in [0.15, 0.2) is 0 Å². The van der Waals surface area contributed by atoms with Crippen molar-refractivity contribution in [1.82, 2.24) is 4.90 Å². The van der Waals surface area contributed by atoms with Crippen molar-refractivity contribution in [1.29, 1.82) is 0 Å². The molecule has 1 amide bonds. The molecule has 4 nitrogen and oxygen atoms in total. The average molecular weight is 242 g/mol. The molecule has 2 atom stereocenters. The van der Waals surface area contributed by atoms with Crippen molar-refractivity contribution >= 4 is 5.91 Å². The summed E-state index contributed by atoms with van der Waals surface area (Å²) in [5.74, 6) is 0.798. The normalized spacial score (nSPS) is 22.5. The van der Waals surface area contributed by atoms with E-state index in [2.05, 4.69) is 13.8 Å². The smallest absolute Gasteiger partial charge is 0.239 e. The van der Waals surface area contributed by atoms with Gasteiger partial charge in [0.05, 0.1) is 12.1 Å². The van der Waals surface area contributed by atoms with Crippen LogP contribution in [-0.2, 0) is 9.53 Å². The van der Waals surface area contributed by atoms with Crippen molar-refractivity contribution < 1.29 is 9.53 Å². The van der Waals surface area contributed by atoms with Gasteiger partial charge in [-0.15, -0.1) is 0 Å². The maximum absolute atomic E-state index is 12.0. The van der Waals surface area contributed by atoms with Crippen molar-refractivity contribution in [2.45, 2.75) is 46.3 Å². The Morgan fingerprint density at radius 3 is 2.59 bits per heavy atom. The van der Waals surface area contributed by atoms with Crippen LogP contribution in [0.4, 0.5) is 0 Å². The molecule has 1 aliphatic heterocycles. The molecule has 0 saturated carbocycles. The number of likely N-dealkylation sites (tertiary alicyclic amines) is 1. The first kappa shape index (κ1) is 14.5. The van der Waals surface area contributed by atoms with Crippen LogP contribution in [0.1, 0.15) is 34.1 Å². The minimum absolute atomic E-state index is 0.0654. The number of rotatable bonds is 5. The van der Waals surface area contributed by atoms with Gasteiger partial charge < -0.3 is 15.4 Å². The highest BCUT2D eigenvalue weighted by Gasteiger charge is 2.30. The SMILES string of the molecule is CC(C)COC1CCN(C(=O)[C@@H](N)C(C)C)C1. The van der Waals surface area contributed by atoms with Gasteiger partial charge in [-0.25, -0.2) is 0 Å². The van der Waals surface area contributed by atoms with Crippen molar-refractivity contribution in [3.8, 4) is 0 Å². The summed E-state index contributed by atoms with van der Waals surface area (Å²) in [7, 11) is 0. The Kier molecular flexibility index (Phi) is 5.40. The summed E-state index contributed by atoms with van der Waals surface area (Å²) in [5.41, 5.74) is 5.88. The second kappa shape index (κ2) is 6.36. The minimum Gasteiger partial charge on any atom is -0.376 e. The second-order valence-electron chi connectivity index (χ2n) is 5.69. The topological polar surface area (TPSA) is 55.6 Å². The molecule has 17 heavy (non-hydrogen) atoms. The quantitative estimate of drug-likeness (QED) is 0.789. The molecule has 0 aromatic carbocycles. The highest BCUT2D eigenvalue weighted by molar-refractivity contribution is 5.82. The van der Waals surface area contributed by atoms with Crippen LogP contribution in [0.25, 0.3) is 0 Å². The summed E-state index contributed by atoms with van der Waals surface area (Å²) in [5, 5.41) is 0. The van der Waals surface area contributed by atoms with Gasteiger partial charge >= 0.3 is 0 Å². The van der Waals surface area contributed by atoms with Gasteiger partial charge in [-0.3, -0.25) is 4.79 Å². The lowest BCUT2D eigenvalue weighted by molar-refractivity contribution is -0.133. The van der Waals surface area contributed by atoms with Crippen molar-refractivity contribution in [3.05, 3.63) is 0 Å². The molecule has 0 spiro atoms. The Morgan fingerprint density at radius 1 is 1.41 bits per heavy atom. The zero-order chi connectivity index (χ0) is 13.0. The van der Waals surface area contributed by atoms with E-state index in [1.807, 2.05) is 18.7 Å². The Hall–Kier alpha value is -0.610. The summed E-state index contributed by atoms with van der Waals surface area (Å²) in [4.78, 5) is 13.9. The zero-order valence-electron chi connectivity index (χ0n) is 11.5. The summed E-state index contributed by atoms with van der Waals surface area (Å²) >= 11 is 0. The van der Waals surface area contributed by atoms with Crippen LogP contribution in [0.15, 0.2) is 0 Å². The van der Waals surface area contributed by atoms with Crippen molar-refractivity contribution in [2.75, 3.05) is 19.7 Å². The van der Waals surface area contributed by atoms with Crippen molar-refractivity contribution in [3.63, 3.8) is 0 Å². The van der Waals surface area contributed by atoms with E-state index >= 15 is 0 Å². The molecule has 1 saturated heterocycles. The fraction of sp³-hybridized carbons (Fsp3) is 0.923. The van der Waals surface area contributed by atoms with Gasteiger partial charge in [-0.2, -0.15) is 0 Å². The molecule has 4 heteroatoms. The number of nitrogens with zero attached hydrogens (tertiary/aromatic N) is 1. The number of carbonyl (C=O) groups excluding carboxylic acids is 1. The summed E-state index contributed by atoms with van der Waals surface area (Å²) in [6.07, 6.45) is 1.13. The highest BCUT2D eigenvalue weighted by Crippen LogP contribution is 2.16. The fourth-order valence-electron chi connectivity index (χ4n) is 1.89. The molecule has 1 heterocycles. The number of amides is 1. The molecule has 0 aromatic heterocycles. The standard InChI is InChI=1S/C13H26N2O2/c1-9(2)8-17-11-5-6-15(7-11)13(16)12(14)10(3)4/h9-12H,5-8,14H2,1-4H3/t11?,12-/m0/s1. The van der Waals surface area contributed by atoms with Crippen LogP contribution >= 0.6 is 0 Å². The predicted molar refractivity (Wildman–Crippen MR) is 68.6 cm³/mol. The molecular formula is C13H26N2O2. The van der Waals surface area contributed by atoms with Gasteiger partial charge in [0.1, 0.15) is 0 Å². The number of hydrogen-bond acceptors (Lipinski definition) is 3. The lowest BCUT2D eigenvalue weighted by Gasteiger charge is -2.23. The van der Waals surface area contributed by atoms with E-state index in [9.17, 15) is 4.79 Å². The summed E-state index contributed by atoms with van der Waals surface area (Å²) < 4.78 is 5.75. The van der Waals surface area contributed by atoms with Crippen LogP contribution < -0.4 is 5.73 Å². The van der Waals surface area contributed by atoms with Crippen LogP contribution in [0, 0.1) is 11.8 Å². The minimum atomic E-state index is -0.376. The first-order valence-corrected chi connectivity index (χ1v) is 6.57. The Labute approximate surface area is 104 Å². The van der Waals surface area contributed by atoms with Gasteiger partial charge in [0.25, 0.3) is 0 Å². The molecular weight excluding hydrogens is 216 g/mol. The lowest BCUT2D eigenvalue weighted by atomic mass is 10.0. The van der Waals surface area contributed by atoms with E-state index < -0.39 is 0 Å². The van der Waals surface area contributed by atoms with E-state index in [0.29, 0.717) is 12.5 Å².